The first-order valence-corrected chi connectivity index (χ1v) is 6.57. The van der Waals surface area contributed by atoms with Crippen LogP contribution in [-0.2, 0) is 13.6 Å². The summed E-state index contributed by atoms with van der Waals surface area (Å²) in [5.41, 5.74) is 3.64. The van der Waals surface area contributed by atoms with E-state index < -0.39 is 0 Å². The Hall–Kier alpha value is -1.58. The molecule has 18 heavy (non-hydrogen) atoms. The molecule has 0 unspecified atom stereocenters. The summed E-state index contributed by atoms with van der Waals surface area (Å²) in [7, 11) is 1.94. The Morgan fingerprint density at radius 2 is 1.94 bits per heavy atom. The van der Waals surface area contributed by atoms with Gasteiger partial charge < -0.3 is 4.57 Å². The zero-order valence-corrected chi connectivity index (χ0v) is 12.3. The molecule has 0 saturated carbocycles. The van der Waals surface area contributed by atoms with Gasteiger partial charge in [0.15, 0.2) is 0 Å². The van der Waals surface area contributed by atoms with Crippen LogP contribution in [-0.4, -0.2) is 19.3 Å². The van der Waals surface area contributed by atoms with Gasteiger partial charge in [-0.05, 0) is 12.8 Å². The molecule has 4 nitrogen and oxygen atoms in total. The van der Waals surface area contributed by atoms with Crippen LogP contribution in [0.1, 0.15) is 50.6 Å². The van der Waals surface area contributed by atoms with Crippen molar-refractivity contribution in [3.8, 4) is 0 Å². The third-order valence-corrected chi connectivity index (χ3v) is 2.73. The highest BCUT2D eigenvalue weighted by Gasteiger charge is 2.11. The van der Waals surface area contributed by atoms with E-state index in [0.29, 0.717) is 5.92 Å². The molecule has 0 aromatic carbocycles. The molecule has 100 valence electrons. The van der Waals surface area contributed by atoms with Crippen molar-refractivity contribution in [3.63, 3.8) is 0 Å². The summed E-state index contributed by atoms with van der Waals surface area (Å²) < 4.78 is 4.03. The Morgan fingerprint density at radius 1 is 1.28 bits per heavy atom. The molecule has 0 radical (unpaired) electrons. The summed E-state index contributed by atoms with van der Waals surface area (Å²) >= 11 is 0. The monoisotopic (exact) mass is 248 g/mol. The van der Waals surface area contributed by atoms with Gasteiger partial charge in [-0.25, -0.2) is 4.98 Å². The van der Waals surface area contributed by atoms with Gasteiger partial charge in [0.25, 0.3) is 0 Å². The van der Waals surface area contributed by atoms with Gasteiger partial charge in [-0.1, -0.05) is 27.7 Å². The van der Waals surface area contributed by atoms with E-state index in [0.717, 1.165) is 12.2 Å². The molecule has 2 heterocycles. The predicted molar refractivity (Wildman–Crippen MR) is 74.7 cm³/mol. The number of imidazole rings is 1. The minimum Gasteiger partial charge on any atom is -0.330 e. The van der Waals surface area contributed by atoms with Gasteiger partial charge in [0.05, 0.1) is 24.8 Å². The maximum atomic E-state index is 4.38. The second-order valence-electron chi connectivity index (χ2n) is 4.52. The van der Waals surface area contributed by atoms with Crippen LogP contribution >= 0.6 is 0 Å². The van der Waals surface area contributed by atoms with E-state index in [1.54, 1.807) is 0 Å². The Morgan fingerprint density at radius 3 is 2.44 bits per heavy atom. The molecule has 2 aromatic heterocycles. The van der Waals surface area contributed by atoms with Crippen LogP contribution in [0.2, 0.25) is 0 Å². The van der Waals surface area contributed by atoms with Crippen molar-refractivity contribution in [1.29, 1.82) is 0 Å². The quantitative estimate of drug-likeness (QED) is 0.836. The van der Waals surface area contributed by atoms with Crippen molar-refractivity contribution in [1.82, 2.24) is 19.3 Å². The fraction of sp³-hybridized carbons (Fsp3) is 0.571. The van der Waals surface area contributed by atoms with E-state index in [-0.39, 0.29) is 0 Å². The van der Waals surface area contributed by atoms with Crippen LogP contribution in [0.25, 0.3) is 0 Å². The van der Waals surface area contributed by atoms with E-state index in [4.69, 9.17) is 0 Å². The number of hydrogen-bond donors (Lipinski definition) is 0. The lowest BCUT2D eigenvalue weighted by molar-refractivity contribution is 0.686. The lowest BCUT2D eigenvalue weighted by Crippen LogP contribution is -2.05. The molecule has 0 fully saturated rings. The first-order chi connectivity index (χ1) is 8.58. The number of nitrogens with zero attached hydrogens (tertiary/aromatic N) is 4. The van der Waals surface area contributed by atoms with Gasteiger partial charge in [0, 0.05) is 24.5 Å². The molecule has 0 N–H and O–H groups in total. The van der Waals surface area contributed by atoms with Crippen LogP contribution < -0.4 is 0 Å². The molecular formula is C14H24N4. The highest BCUT2D eigenvalue weighted by atomic mass is 15.2. The molecule has 0 aliphatic carbocycles. The molecule has 0 bridgehead atoms. The third kappa shape index (κ3) is 3.22. The van der Waals surface area contributed by atoms with E-state index in [1.807, 2.05) is 44.3 Å². The van der Waals surface area contributed by atoms with Gasteiger partial charge in [-0.2, -0.15) is 5.10 Å². The van der Waals surface area contributed by atoms with Crippen molar-refractivity contribution < 1.29 is 0 Å². The van der Waals surface area contributed by atoms with Gasteiger partial charge in [0.1, 0.15) is 0 Å². The lowest BCUT2D eigenvalue weighted by atomic mass is 10.1. The molecule has 0 atom stereocenters. The van der Waals surface area contributed by atoms with Crippen LogP contribution in [0.5, 0.6) is 0 Å². The van der Waals surface area contributed by atoms with Crippen molar-refractivity contribution in [2.75, 3.05) is 0 Å². The minimum absolute atomic E-state index is 0.499. The molecule has 2 aromatic rings. The van der Waals surface area contributed by atoms with E-state index in [9.17, 15) is 0 Å². The van der Waals surface area contributed by atoms with E-state index in [1.165, 1.54) is 11.3 Å². The maximum Gasteiger partial charge on any atom is 0.0954 e. The molecule has 4 heteroatoms. The molecule has 0 spiro atoms. The summed E-state index contributed by atoms with van der Waals surface area (Å²) in [5, 5.41) is 4.18. The van der Waals surface area contributed by atoms with Crippen molar-refractivity contribution >= 4 is 0 Å². The summed E-state index contributed by atoms with van der Waals surface area (Å²) in [6.45, 7) is 11.3. The second kappa shape index (κ2) is 6.38. The summed E-state index contributed by atoms with van der Waals surface area (Å²) in [4.78, 5) is 4.38. The second-order valence-corrected chi connectivity index (χ2v) is 4.52. The number of rotatable bonds is 3. The van der Waals surface area contributed by atoms with Gasteiger partial charge >= 0.3 is 0 Å². The summed E-state index contributed by atoms with van der Waals surface area (Å²) in [6.07, 6.45) is 5.86. The number of aromatic nitrogens is 4. The Balaban J connectivity index is 0.000000771. The standard InChI is InChI=1S/C12H18N4.C2H6/c1-9(2)12-10(3)13-8-16(12)7-11-5-14-15(4)6-11;1-2/h5-6,8-9H,7H2,1-4H3;1-2H3. The number of hydrogen-bond acceptors (Lipinski definition) is 2. The predicted octanol–water partition coefficient (Wildman–Crippen LogP) is 3.12. The SMILES string of the molecule is CC.Cc1ncn(Cc2cnn(C)c2)c1C(C)C. The summed E-state index contributed by atoms with van der Waals surface area (Å²) in [5.74, 6) is 0.499. The van der Waals surface area contributed by atoms with Crippen molar-refractivity contribution in [3.05, 3.63) is 35.7 Å². The topological polar surface area (TPSA) is 35.6 Å². The molecule has 0 aliphatic rings. The van der Waals surface area contributed by atoms with Gasteiger partial charge in [-0.15, -0.1) is 0 Å². The van der Waals surface area contributed by atoms with Gasteiger partial charge in [-0.3, -0.25) is 4.68 Å². The van der Waals surface area contributed by atoms with Crippen LogP contribution in [0, 0.1) is 6.92 Å². The summed E-state index contributed by atoms with van der Waals surface area (Å²) in [6, 6.07) is 0. The smallest absolute Gasteiger partial charge is 0.0954 e. The largest absolute Gasteiger partial charge is 0.330 e. The van der Waals surface area contributed by atoms with Crippen molar-refractivity contribution in [2.45, 2.75) is 47.1 Å². The molecular weight excluding hydrogens is 224 g/mol. The zero-order valence-electron chi connectivity index (χ0n) is 12.3. The first-order valence-electron chi connectivity index (χ1n) is 6.57. The van der Waals surface area contributed by atoms with Crippen LogP contribution in [0.15, 0.2) is 18.7 Å². The highest BCUT2D eigenvalue weighted by Crippen LogP contribution is 2.19. The van der Waals surface area contributed by atoms with Crippen LogP contribution in [0.3, 0.4) is 0 Å². The average Bonchev–Trinajstić information content (AvgIpc) is 2.89. The highest BCUT2D eigenvalue weighted by molar-refractivity contribution is 5.17. The number of aryl methyl sites for hydroxylation is 2. The Labute approximate surface area is 110 Å². The zero-order chi connectivity index (χ0) is 13.7. The van der Waals surface area contributed by atoms with E-state index >= 15 is 0 Å². The fourth-order valence-corrected chi connectivity index (χ4v) is 2.12. The normalized spacial score (nSPS) is 10.4. The Kier molecular flexibility index (Phi) is 5.13. The van der Waals surface area contributed by atoms with Crippen molar-refractivity contribution in [2.24, 2.45) is 7.05 Å². The molecule has 2 rings (SSSR count). The minimum atomic E-state index is 0.499. The molecule has 0 amide bonds. The fourth-order valence-electron chi connectivity index (χ4n) is 2.12. The third-order valence-electron chi connectivity index (χ3n) is 2.73. The molecule has 0 saturated heterocycles. The van der Waals surface area contributed by atoms with Gasteiger partial charge in [0.2, 0.25) is 0 Å². The van der Waals surface area contributed by atoms with E-state index in [2.05, 4.69) is 35.4 Å². The first kappa shape index (κ1) is 14.5. The van der Waals surface area contributed by atoms with Crippen LogP contribution in [0.4, 0.5) is 0 Å². The lowest BCUT2D eigenvalue weighted by Gasteiger charge is -2.10. The molecule has 0 aliphatic heterocycles. The maximum absolute atomic E-state index is 4.38. The average molecular weight is 248 g/mol. The Bertz CT molecular complexity index is 480.